The second-order valence-corrected chi connectivity index (χ2v) is 3.49. The van der Waals surface area contributed by atoms with Crippen molar-refractivity contribution in [2.75, 3.05) is 0 Å². The molecular formula is C15H18Cl2Ti. The van der Waals surface area contributed by atoms with Gasteiger partial charge in [-0.1, -0.05) is 26.2 Å². The van der Waals surface area contributed by atoms with Gasteiger partial charge in [-0.3, -0.25) is 6.08 Å². The molecule has 1 aromatic carbocycles. The Morgan fingerprint density at radius 2 is 1.78 bits per heavy atom. The van der Waals surface area contributed by atoms with Gasteiger partial charge in [0, 0.05) is 0 Å². The maximum absolute atomic E-state index is 3.30. The van der Waals surface area contributed by atoms with Crippen molar-refractivity contribution in [3.05, 3.63) is 60.2 Å². The Kier molecular flexibility index (Phi) is 21.8. The van der Waals surface area contributed by atoms with Crippen LogP contribution in [0.5, 0.6) is 0 Å². The van der Waals surface area contributed by atoms with Crippen LogP contribution in [0, 0.1) is 12.1 Å². The van der Waals surface area contributed by atoms with Gasteiger partial charge in [0.2, 0.25) is 0 Å². The van der Waals surface area contributed by atoms with Crippen molar-refractivity contribution in [3.63, 3.8) is 0 Å². The Morgan fingerprint density at radius 1 is 1.11 bits per heavy atom. The SMILES string of the molecule is CCCCC1=[C-]CC=C1.[Cl-].[Cl-].[Ti+4].[c-]1ccccc1. The van der Waals surface area contributed by atoms with E-state index in [2.05, 4.69) is 31.2 Å². The number of hydrogen-bond acceptors (Lipinski definition) is 0. The Balaban J connectivity index is -0.000000225. The number of unbranched alkanes of at least 4 members (excludes halogenated alkanes) is 1. The maximum Gasteiger partial charge on any atom is 4.00 e. The topological polar surface area (TPSA) is 0 Å². The summed E-state index contributed by atoms with van der Waals surface area (Å²) in [5.74, 6) is 0. The smallest absolute Gasteiger partial charge is 1.00 e. The number of rotatable bonds is 3. The zero-order chi connectivity index (χ0) is 10.8. The molecule has 0 unspecified atom stereocenters. The van der Waals surface area contributed by atoms with Gasteiger partial charge in [-0.25, -0.2) is 11.6 Å². The first-order valence-electron chi connectivity index (χ1n) is 5.61. The summed E-state index contributed by atoms with van der Waals surface area (Å²) in [7, 11) is 0. The third kappa shape index (κ3) is 12.5. The molecule has 0 bridgehead atoms. The average molecular weight is 317 g/mol. The minimum absolute atomic E-state index is 0. The third-order valence-electron chi connectivity index (χ3n) is 2.17. The Morgan fingerprint density at radius 3 is 2.11 bits per heavy atom. The van der Waals surface area contributed by atoms with Gasteiger partial charge in [-0.05, 0) is 0 Å². The second kappa shape index (κ2) is 17.0. The van der Waals surface area contributed by atoms with Gasteiger partial charge in [0.15, 0.2) is 0 Å². The molecule has 0 nitrogen and oxygen atoms in total. The molecule has 1 aliphatic carbocycles. The Bertz CT molecular complexity index is 281. The first kappa shape index (κ1) is 23.1. The monoisotopic (exact) mass is 316 g/mol. The van der Waals surface area contributed by atoms with E-state index in [-0.39, 0.29) is 46.5 Å². The minimum Gasteiger partial charge on any atom is -1.00 e. The molecule has 2 rings (SSSR count). The number of benzene rings is 1. The van der Waals surface area contributed by atoms with Crippen LogP contribution in [0.15, 0.2) is 48.1 Å². The van der Waals surface area contributed by atoms with Gasteiger partial charge in [0.25, 0.3) is 0 Å². The molecule has 0 heterocycles. The van der Waals surface area contributed by atoms with Crippen molar-refractivity contribution in [1.29, 1.82) is 0 Å². The first-order valence-corrected chi connectivity index (χ1v) is 5.61. The molecule has 0 aliphatic heterocycles. The second-order valence-electron chi connectivity index (χ2n) is 3.49. The van der Waals surface area contributed by atoms with Crippen LogP contribution in [0.2, 0.25) is 0 Å². The molecule has 0 N–H and O–H groups in total. The molecule has 18 heavy (non-hydrogen) atoms. The van der Waals surface area contributed by atoms with Gasteiger partial charge < -0.3 is 24.8 Å². The number of allylic oxidation sites excluding steroid dienone is 4. The van der Waals surface area contributed by atoms with Gasteiger partial charge in [-0.15, -0.1) is 6.42 Å². The fourth-order valence-electron chi connectivity index (χ4n) is 1.33. The van der Waals surface area contributed by atoms with Crippen LogP contribution in [0.1, 0.15) is 32.6 Å². The summed E-state index contributed by atoms with van der Waals surface area (Å²) in [4.78, 5) is 0. The predicted molar refractivity (Wildman–Crippen MR) is 65.3 cm³/mol. The normalized spacial score (nSPS) is 10.8. The van der Waals surface area contributed by atoms with Crippen molar-refractivity contribution < 1.29 is 46.5 Å². The van der Waals surface area contributed by atoms with Crippen molar-refractivity contribution >= 4 is 0 Å². The van der Waals surface area contributed by atoms with E-state index in [9.17, 15) is 0 Å². The van der Waals surface area contributed by atoms with Crippen LogP contribution < -0.4 is 24.8 Å². The summed E-state index contributed by atoms with van der Waals surface area (Å²) < 4.78 is 0. The molecule has 1 aromatic rings. The summed E-state index contributed by atoms with van der Waals surface area (Å²) in [6, 6.07) is 12.5. The summed E-state index contributed by atoms with van der Waals surface area (Å²) in [5.41, 5.74) is 1.41. The van der Waals surface area contributed by atoms with Gasteiger partial charge >= 0.3 is 21.7 Å². The van der Waals surface area contributed by atoms with E-state index in [0.29, 0.717) is 0 Å². The minimum atomic E-state index is 0. The van der Waals surface area contributed by atoms with E-state index in [4.69, 9.17) is 0 Å². The van der Waals surface area contributed by atoms with Crippen LogP contribution in [0.4, 0.5) is 0 Å². The van der Waals surface area contributed by atoms with Crippen molar-refractivity contribution in [2.45, 2.75) is 32.6 Å². The molecule has 96 valence electrons. The standard InChI is InChI=1S/C9H13.C6H5.2ClH.Ti/c1-2-3-6-9-7-4-5-8-9;1-2-4-6-5-3-1;;;/h4,7H,2-3,5-6H2,1H3;1-5H;2*1H;/q2*-1;;;+4/p-2. The van der Waals surface area contributed by atoms with E-state index < -0.39 is 0 Å². The molecule has 0 amide bonds. The third-order valence-corrected chi connectivity index (χ3v) is 2.17. The molecule has 3 heteroatoms. The van der Waals surface area contributed by atoms with E-state index in [1.807, 2.05) is 30.3 Å². The predicted octanol–water partition coefficient (Wildman–Crippen LogP) is -1.64. The molecule has 0 atom stereocenters. The van der Waals surface area contributed by atoms with Gasteiger partial charge in [0.05, 0.1) is 0 Å². The molecule has 0 fully saturated rings. The average Bonchev–Trinajstić information content (AvgIpc) is 2.82. The summed E-state index contributed by atoms with van der Waals surface area (Å²) >= 11 is 0. The molecule has 0 spiro atoms. The zero-order valence-electron chi connectivity index (χ0n) is 10.6. The number of halogens is 2. The van der Waals surface area contributed by atoms with Crippen LogP contribution in [-0.4, -0.2) is 0 Å². The van der Waals surface area contributed by atoms with Crippen molar-refractivity contribution in [2.24, 2.45) is 0 Å². The van der Waals surface area contributed by atoms with Crippen LogP contribution in [0.25, 0.3) is 0 Å². The summed E-state index contributed by atoms with van der Waals surface area (Å²) in [6.45, 7) is 2.22. The molecule has 1 aliphatic rings. The Hall–Kier alpha value is -0.00571. The molecule has 0 saturated heterocycles. The van der Waals surface area contributed by atoms with Crippen LogP contribution >= 0.6 is 0 Å². The summed E-state index contributed by atoms with van der Waals surface area (Å²) in [5, 5.41) is 0. The van der Waals surface area contributed by atoms with E-state index in [0.717, 1.165) is 6.42 Å². The molecule has 0 saturated carbocycles. The fourth-order valence-corrected chi connectivity index (χ4v) is 1.33. The Labute approximate surface area is 139 Å². The van der Waals surface area contributed by atoms with E-state index in [1.54, 1.807) is 0 Å². The van der Waals surface area contributed by atoms with Gasteiger partial charge in [0.1, 0.15) is 0 Å². The van der Waals surface area contributed by atoms with Crippen molar-refractivity contribution in [3.8, 4) is 0 Å². The quantitative estimate of drug-likeness (QED) is 0.463. The van der Waals surface area contributed by atoms with E-state index in [1.165, 1.54) is 24.8 Å². The number of hydrogen-bond donors (Lipinski definition) is 0. The van der Waals surface area contributed by atoms with Crippen LogP contribution in [-0.2, 0) is 21.7 Å². The maximum atomic E-state index is 3.30. The summed E-state index contributed by atoms with van der Waals surface area (Å²) in [6.07, 6.45) is 12.5. The fraction of sp³-hybridized carbons (Fsp3) is 0.333. The van der Waals surface area contributed by atoms with E-state index >= 15 is 0 Å². The molecule has 0 aromatic heterocycles. The molecular weight excluding hydrogens is 299 g/mol. The first-order chi connectivity index (χ1) is 7.43. The van der Waals surface area contributed by atoms with Gasteiger partial charge in [-0.2, -0.15) is 42.5 Å². The zero-order valence-corrected chi connectivity index (χ0v) is 13.7. The molecule has 0 radical (unpaired) electrons. The largest absolute Gasteiger partial charge is 4.00 e. The van der Waals surface area contributed by atoms with Crippen molar-refractivity contribution in [1.82, 2.24) is 0 Å². The van der Waals surface area contributed by atoms with Crippen LogP contribution in [0.3, 0.4) is 0 Å².